The molecule has 1 atom stereocenters. The van der Waals surface area contributed by atoms with Crippen molar-refractivity contribution in [3.8, 4) is 5.75 Å². The maximum Gasteiger partial charge on any atom is 0.259 e. The van der Waals surface area contributed by atoms with Crippen LogP contribution < -0.4 is 15.0 Å². The lowest BCUT2D eigenvalue weighted by atomic mass is 9.97. The second-order valence-electron chi connectivity index (χ2n) is 8.09. The number of ether oxygens (including phenoxy) is 1. The molecule has 0 spiro atoms. The van der Waals surface area contributed by atoms with Crippen LogP contribution in [0.1, 0.15) is 42.2 Å². The molecule has 1 aliphatic heterocycles. The van der Waals surface area contributed by atoms with E-state index in [4.69, 9.17) is 4.74 Å². The van der Waals surface area contributed by atoms with Crippen LogP contribution in [-0.4, -0.2) is 25.5 Å². The number of methoxy groups -OCH3 is 1. The molecule has 2 amide bonds. The van der Waals surface area contributed by atoms with E-state index in [2.05, 4.69) is 19.2 Å². The molecular weight excluding hydrogens is 376 g/mol. The first-order chi connectivity index (χ1) is 14.5. The molecule has 1 heterocycles. The van der Waals surface area contributed by atoms with E-state index in [9.17, 15) is 9.59 Å². The minimum absolute atomic E-state index is 0.00260. The van der Waals surface area contributed by atoms with E-state index in [1.807, 2.05) is 60.7 Å². The zero-order valence-electron chi connectivity index (χ0n) is 17.5. The maximum atomic E-state index is 13.0. The van der Waals surface area contributed by atoms with Crippen LogP contribution in [0.15, 0.2) is 60.7 Å². The van der Waals surface area contributed by atoms with E-state index in [1.54, 1.807) is 12.0 Å². The van der Waals surface area contributed by atoms with Gasteiger partial charge in [0.1, 0.15) is 12.3 Å². The quantitative estimate of drug-likeness (QED) is 0.623. The molecule has 1 N–H and O–H groups in total. The predicted octanol–water partition coefficient (Wildman–Crippen LogP) is 4.71. The molecule has 0 aromatic heterocycles. The lowest BCUT2D eigenvalue weighted by Gasteiger charge is -2.24. The molecule has 0 fully saturated rings. The van der Waals surface area contributed by atoms with Crippen molar-refractivity contribution in [3.05, 3.63) is 71.8 Å². The fourth-order valence-electron chi connectivity index (χ4n) is 4.11. The van der Waals surface area contributed by atoms with Crippen molar-refractivity contribution < 1.29 is 14.3 Å². The van der Waals surface area contributed by atoms with Crippen molar-refractivity contribution in [1.29, 1.82) is 0 Å². The number of rotatable bonds is 7. The van der Waals surface area contributed by atoms with Crippen LogP contribution in [0.25, 0.3) is 10.8 Å². The zero-order chi connectivity index (χ0) is 21.3. The summed E-state index contributed by atoms with van der Waals surface area (Å²) >= 11 is 0. The second-order valence-corrected chi connectivity index (χ2v) is 8.09. The van der Waals surface area contributed by atoms with Gasteiger partial charge in [0.25, 0.3) is 5.91 Å². The van der Waals surface area contributed by atoms with E-state index < -0.39 is 0 Å². The van der Waals surface area contributed by atoms with Gasteiger partial charge in [-0.1, -0.05) is 50.2 Å². The third kappa shape index (κ3) is 3.75. The van der Waals surface area contributed by atoms with Gasteiger partial charge in [0, 0.05) is 10.9 Å². The number of nitrogens with zero attached hydrogens (tertiary/aromatic N) is 1. The van der Waals surface area contributed by atoms with Crippen molar-refractivity contribution in [2.45, 2.75) is 26.3 Å². The molecule has 0 aliphatic carbocycles. The molecule has 0 bridgehead atoms. The summed E-state index contributed by atoms with van der Waals surface area (Å²) in [6, 6.07) is 19.1. The highest BCUT2D eigenvalue weighted by Crippen LogP contribution is 2.37. The predicted molar refractivity (Wildman–Crippen MR) is 119 cm³/mol. The molecule has 30 heavy (non-hydrogen) atoms. The summed E-state index contributed by atoms with van der Waals surface area (Å²) in [5.74, 6) is 0.891. The molecular formula is C25H26N2O3. The Balaban J connectivity index is 1.54. The lowest BCUT2D eigenvalue weighted by molar-refractivity contribution is -0.120. The van der Waals surface area contributed by atoms with E-state index >= 15 is 0 Å². The van der Waals surface area contributed by atoms with Crippen LogP contribution >= 0.6 is 0 Å². The van der Waals surface area contributed by atoms with Gasteiger partial charge in [-0.2, -0.15) is 0 Å². The van der Waals surface area contributed by atoms with Crippen LogP contribution in [0.4, 0.5) is 5.69 Å². The second kappa shape index (κ2) is 8.19. The largest absolute Gasteiger partial charge is 0.497 e. The van der Waals surface area contributed by atoms with Gasteiger partial charge in [0.2, 0.25) is 5.91 Å². The van der Waals surface area contributed by atoms with Crippen molar-refractivity contribution >= 4 is 28.3 Å². The van der Waals surface area contributed by atoms with E-state index in [0.29, 0.717) is 11.5 Å². The van der Waals surface area contributed by atoms with Crippen molar-refractivity contribution in [2.24, 2.45) is 5.92 Å². The van der Waals surface area contributed by atoms with E-state index in [1.165, 1.54) is 0 Å². The summed E-state index contributed by atoms with van der Waals surface area (Å²) in [5, 5.41) is 5.07. The van der Waals surface area contributed by atoms with Crippen LogP contribution in [-0.2, 0) is 4.79 Å². The minimum Gasteiger partial charge on any atom is -0.497 e. The Morgan fingerprint density at radius 2 is 1.73 bits per heavy atom. The van der Waals surface area contributed by atoms with Gasteiger partial charge in [-0.25, -0.2) is 0 Å². The van der Waals surface area contributed by atoms with Gasteiger partial charge in [-0.05, 0) is 47.6 Å². The molecule has 0 saturated heterocycles. The third-order valence-corrected chi connectivity index (χ3v) is 5.51. The van der Waals surface area contributed by atoms with E-state index in [-0.39, 0.29) is 24.4 Å². The Morgan fingerprint density at radius 1 is 1.03 bits per heavy atom. The number of carbonyl (C=O) groups is 2. The number of amides is 2. The first-order valence-electron chi connectivity index (χ1n) is 10.2. The molecule has 3 aromatic carbocycles. The number of hydrogen-bond acceptors (Lipinski definition) is 3. The Labute approximate surface area is 176 Å². The fraction of sp³-hybridized carbons (Fsp3) is 0.280. The number of benzene rings is 3. The molecule has 0 unspecified atom stereocenters. The summed E-state index contributed by atoms with van der Waals surface area (Å²) in [6.45, 7) is 4.26. The molecule has 154 valence electrons. The van der Waals surface area contributed by atoms with Crippen LogP contribution in [0.2, 0.25) is 0 Å². The number of hydrogen-bond donors (Lipinski definition) is 1. The SMILES string of the molecule is COc1ccc([C@H](CC(C)C)NC(=O)CN2C(=O)c3cccc4cccc2c34)cc1. The summed E-state index contributed by atoms with van der Waals surface area (Å²) in [4.78, 5) is 27.5. The Kier molecular flexibility index (Phi) is 5.44. The highest BCUT2D eigenvalue weighted by atomic mass is 16.5. The summed E-state index contributed by atoms with van der Waals surface area (Å²) < 4.78 is 5.24. The van der Waals surface area contributed by atoms with Crippen molar-refractivity contribution in [2.75, 3.05) is 18.6 Å². The van der Waals surface area contributed by atoms with Gasteiger partial charge in [-0.3, -0.25) is 14.5 Å². The number of anilines is 1. The molecule has 3 aromatic rings. The molecule has 5 heteroatoms. The maximum absolute atomic E-state index is 13.0. The average Bonchev–Trinajstić information content (AvgIpc) is 3.01. The Morgan fingerprint density at radius 3 is 2.40 bits per heavy atom. The molecule has 0 radical (unpaired) electrons. The smallest absolute Gasteiger partial charge is 0.259 e. The van der Waals surface area contributed by atoms with Crippen molar-refractivity contribution in [1.82, 2.24) is 5.32 Å². The highest BCUT2D eigenvalue weighted by Gasteiger charge is 2.31. The number of carbonyl (C=O) groups excluding carboxylic acids is 2. The number of nitrogens with one attached hydrogen (secondary N) is 1. The molecule has 0 saturated carbocycles. The third-order valence-electron chi connectivity index (χ3n) is 5.51. The molecule has 1 aliphatic rings. The van der Waals surface area contributed by atoms with Gasteiger partial charge in [0.05, 0.1) is 18.8 Å². The monoisotopic (exact) mass is 402 g/mol. The highest BCUT2D eigenvalue weighted by molar-refractivity contribution is 6.26. The van der Waals surface area contributed by atoms with E-state index in [0.717, 1.165) is 34.2 Å². The first kappa shape index (κ1) is 20.0. The van der Waals surface area contributed by atoms with Crippen molar-refractivity contribution in [3.63, 3.8) is 0 Å². The topological polar surface area (TPSA) is 58.6 Å². The van der Waals surface area contributed by atoms with Crippen LogP contribution in [0.5, 0.6) is 5.75 Å². The van der Waals surface area contributed by atoms with Gasteiger partial charge >= 0.3 is 0 Å². The molecule has 4 rings (SSSR count). The van der Waals surface area contributed by atoms with Gasteiger partial charge < -0.3 is 10.1 Å². The Hall–Kier alpha value is -3.34. The Bertz CT molecular complexity index is 1080. The van der Waals surface area contributed by atoms with Crippen LogP contribution in [0, 0.1) is 5.92 Å². The zero-order valence-corrected chi connectivity index (χ0v) is 17.5. The van der Waals surface area contributed by atoms with Crippen LogP contribution in [0.3, 0.4) is 0 Å². The first-order valence-corrected chi connectivity index (χ1v) is 10.2. The van der Waals surface area contributed by atoms with Gasteiger partial charge in [-0.15, -0.1) is 0 Å². The lowest BCUT2D eigenvalue weighted by Crippen LogP contribution is -2.40. The summed E-state index contributed by atoms with van der Waals surface area (Å²) in [7, 11) is 1.63. The fourth-order valence-corrected chi connectivity index (χ4v) is 4.11. The van der Waals surface area contributed by atoms with Gasteiger partial charge in [0.15, 0.2) is 0 Å². The summed E-state index contributed by atoms with van der Waals surface area (Å²) in [5.41, 5.74) is 2.48. The normalized spacial score (nSPS) is 13.7. The summed E-state index contributed by atoms with van der Waals surface area (Å²) in [6.07, 6.45) is 0.807. The average molecular weight is 402 g/mol. The minimum atomic E-state index is -0.172. The molecule has 5 nitrogen and oxygen atoms in total. The standard InChI is InChI=1S/C25H26N2O3/c1-16(2)14-21(17-10-12-19(30-3)13-11-17)26-23(28)15-27-22-9-5-7-18-6-4-8-20(24(18)22)25(27)29/h4-13,16,21H,14-15H2,1-3H3,(H,26,28)/t21-/m0/s1.